The van der Waals surface area contributed by atoms with Gasteiger partial charge in [0.25, 0.3) is 0 Å². The van der Waals surface area contributed by atoms with E-state index in [1.54, 1.807) is 20.8 Å². The first-order chi connectivity index (χ1) is 16.9. The number of carbonyl (C=O) groups is 2. The van der Waals surface area contributed by atoms with Crippen molar-refractivity contribution in [1.29, 1.82) is 0 Å². The number of nitrogens with zero attached hydrogens (tertiary/aromatic N) is 3. The van der Waals surface area contributed by atoms with E-state index in [2.05, 4.69) is 4.90 Å². The Hall–Kier alpha value is -2.29. The molecule has 3 aliphatic rings. The fourth-order valence-corrected chi connectivity index (χ4v) is 5.64. The molecule has 2 aliphatic heterocycles. The van der Waals surface area contributed by atoms with Crippen molar-refractivity contribution < 1.29 is 27.5 Å². The Morgan fingerprint density at radius 3 is 2.22 bits per heavy atom. The molecule has 0 bridgehead atoms. The summed E-state index contributed by atoms with van der Waals surface area (Å²) in [5, 5.41) is 0. The van der Waals surface area contributed by atoms with Crippen LogP contribution in [0.3, 0.4) is 0 Å². The summed E-state index contributed by atoms with van der Waals surface area (Å²) < 4.78 is 45.0. The Labute approximate surface area is 211 Å². The highest BCUT2D eigenvalue weighted by atomic mass is 19.4. The van der Waals surface area contributed by atoms with Gasteiger partial charge in [-0.05, 0) is 70.6 Å². The lowest BCUT2D eigenvalue weighted by Crippen LogP contribution is -2.60. The molecule has 2 heterocycles. The number of ether oxygens (including phenoxy) is 1. The van der Waals surface area contributed by atoms with Crippen LogP contribution in [0.15, 0.2) is 24.3 Å². The largest absolute Gasteiger partial charge is 0.444 e. The van der Waals surface area contributed by atoms with Crippen molar-refractivity contribution in [3.05, 3.63) is 35.4 Å². The second-order valence-corrected chi connectivity index (χ2v) is 11.4. The first-order valence-electron chi connectivity index (χ1n) is 13.1. The van der Waals surface area contributed by atoms with Gasteiger partial charge in [0.1, 0.15) is 11.1 Å². The molecular weight excluding hydrogens is 471 g/mol. The van der Waals surface area contributed by atoms with Crippen LogP contribution in [-0.4, -0.2) is 76.6 Å². The Balaban J connectivity index is 1.61. The van der Waals surface area contributed by atoms with E-state index in [0.29, 0.717) is 44.1 Å². The molecule has 1 aromatic carbocycles. The summed E-state index contributed by atoms with van der Waals surface area (Å²) in [6, 6.07) is 5.53. The van der Waals surface area contributed by atoms with Gasteiger partial charge in [0.2, 0.25) is 5.91 Å². The van der Waals surface area contributed by atoms with Gasteiger partial charge < -0.3 is 9.64 Å². The topological polar surface area (TPSA) is 53.1 Å². The SMILES string of the molecule is CC(C)(C)OC(=O)N1CCC[C@]1(Cc1ccc(C(F)(F)F)cc1)C(=O)N1CCCN(C2CCC2)CC1. The fraction of sp³-hybridized carbons (Fsp3) is 0.704. The first-order valence-corrected chi connectivity index (χ1v) is 13.1. The zero-order valence-corrected chi connectivity index (χ0v) is 21.6. The maximum absolute atomic E-state index is 14.2. The number of likely N-dealkylation sites (tertiary alicyclic amines) is 1. The number of alkyl halides is 3. The fourth-order valence-electron chi connectivity index (χ4n) is 5.64. The van der Waals surface area contributed by atoms with Crippen molar-refractivity contribution in [3.63, 3.8) is 0 Å². The molecule has 2 saturated heterocycles. The van der Waals surface area contributed by atoms with Crippen molar-refractivity contribution in [2.75, 3.05) is 32.7 Å². The number of amides is 2. The van der Waals surface area contributed by atoms with Crippen LogP contribution >= 0.6 is 0 Å². The van der Waals surface area contributed by atoms with E-state index in [9.17, 15) is 22.8 Å². The van der Waals surface area contributed by atoms with E-state index in [-0.39, 0.29) is 12.3 Å². The van der Waals surface area contributed by atoms with Crippen LogP contribution in [0, 0.1) is 0 Å². The van der Waals surface area contributed by atoms with Gasteiger partial charge in [0.15, 0.2) is 0 Å². The summed E-state index contributed by atoms with van der Waals surface area (Å²) in [4.78, 5) is 33.4. The van der Waals surface area contributed by atoms with Crippen molar-refractivity contribution in [2.45, 2.75) is 89.1 Å². The van der Waals surface area contributed by atoms with E-state index in [1.165, 1.54) is 36.3 Å². The van der Waals surface area contributed by atoms with E-state index < -0.39 is 29.0 Å². The highest BCUT2D eigenvalue weighted by molar-refractivity contribution is 5.91. The van der Waals surface area contributed by atoms with Crippen LogP contribution in [0.2, 0.25) is 0 Å². The number of hydrogen-bond acceptors (Lipinski definition) is 4. The zero-order chi connectivity index (χ0) is 26.1. The lowest BCUT2D eigenvalue weighted by atomic mass is 9.86. The lowest BCUT2D eigenvalue weighted by Gasteiger charge is -2.41. The Kier molecular flexibility index (Phi) is 7.60. The Morgan fingerprint density at radius 2 is 1.64 bits per heavy atom. The first kappa shape index (κ1) is 26.8. The molecule has 0 spiro atoms. The van der Waals surface area contributed by atoms with Crippen molar-refractivity contribution in [2.24, 2.45) is 0 Å². The van der Waals surface area contributed by atoms with Gasteiger partial charge in [-0.1, -0.05) is 18.6 Å². The average Bonchev–Trinajstić information content (AvgIpc) is 3.03. The van der Waals surface area contributed by atoms with Crippen LogP contribution in [0.4, 0.5) is 18.0 Å². The molecule has 1 atom stereocenters. The Bertz CT molecular complexity index is 940. The molecule has 200 valence electrons. The molecule has 0 radical (unpaired) electrons. The molecule has 1 aliphatic carbocycles. The standard InChI is InChI=1S/C27H38F3N3O3/c1-25(2,3)36-24(35)33-16-5-13-26(33,19-20-9-11-21(12-10-20)27(28,29)30)23(34)32-15-6-14-31(17-18-32)22-7-4-8-22/h9-12,22H,4-8,13-19H2,1-3H3/t26-/m0/s1. The number of hydrogen-bond donors (Lipinski definition) is 0. The van der Waals surface area contributed by atoms with Gasteiger partial charge in [-0.2, -0.15) is 13.2 Å². The highest BCUT2D eigenvalue weighted by Gasteiger charge is 2.52. The molecule has 0 aromatic heterocycles. The van der Waals surface area contributed by atoms with Gasteiger partial charge in [-0.15, -0.1) is 0 Å². The van der Waals surface area contributed by atoms with Crippen molar-refractivity contribution in [3.8, 4) is 0 Å². The number of halogens is 3. The predicted octanol–water partition coefficient (Wildman–Crippen LogP) is 5.10. The molecule has 2 amide bonds. The Morgan fingerprint density at radius 1 is 0.944 bits per heavy atom. The molecule has 0 unspecified atom stereocenters. The summed E-state index contributed by atoms with van der Waals surface area (Å²) in [6.45, 7) is 8.68. The number of benzene rings is 1. The minimum atomic E-state index is -4.43. The molecule has 9 heteroatoms. The van der Waals surface area contributed by atoms with Crippen LogP contribution in [0.25, 0.3) is 0 Å². The van der Waals surface area contributed by atoms with E-state index in [0.717, 1.165) is 31.6 Å². The van der Waals surface area contributed by atoms with Crippen LogP contribution in [-0.2, 0) is 22.1 Å². The van der Waals surface area contributed by atoms with Crippen LogP contribution in [0.5, 0.6) is 0 Å². The second kappa shape index (κ2) is 10.2. The molecule has 1 saturated carbocycles. The quantitative estimate of drug-likeness (QED) is 0.567. The molecular formula is C27H38F3N3O3. The lowest BCUT2D eigenvalue weighted by molar-refractivity contribution is -0.143. The minimum absolute atomic E-state index is 0.124. The average molecular weight is 510 g/mol. The van der Waals surface area contributed by atoms with E-state index in [4.69, 9.17) is 4.74 Å². The minimum Gasteiger partial charge on any atom is -0.444 e. The van der Waals surface area contributed by atoms with E-state index in [1.807, 2.05) is 4.90 Å². The van der Waals surface area contributed by atoms with Gasteiger partial charge in [-0.25, -0.2) is 4.79 Å². The normalized spacial score (nSPS) is 24.4. The molecule has 4 rings (SSSR count). The zero-order valence-electron chi connectivity index (χ0n) is 21.6. The highest BCUT2D eigenvalue weighted by Crippen LogP contribution is 2.37. The van der Waals surface area contributed by atoms with Gasteiger partial charge in [0.05, 0.1) is 5.56 Å². The summed E-state index contributed by atoms with van der Waals surface area (Å²) in [6.07, 6.45) is 0.799. The summed E-state index contributed by atoms with van der Waals surface area (Å²) in [7, 11) is 0. The van der Waals surface area contributed by atoms with Gasteiger partial charge in [-0.3, -0.25) is 14.6 Å². The molecule has 3 fully saturated rings. The van der Waals surface area contributed by atoms with Crippen molar-refractivity contribution in [1.82, 2.24) is 14.7 Å². The predicted molar refractivity (Wildman–Crippen MR) is 130 cm³/mol. The number of carbonyl (C=O) groups excluding carboxylic acids is 2. The molecule has 36 heavy (non-hydrogen) atoms. The van der Waals surface area contributed by atoms with E-state index >= 15 is 0 Å². The molecule has 1 aromatic rings. The van der Waals surface area contributed by atoms with Crippen LogP contribution in [0.1, 0.15) is 70.4 Å². The maximum atomic E-state index is 14.2. The maximum Gasteiger partial charge on any atom is 0.416 e. The summed E-state index contributed by atoms with van der Waals surface area (Å²) in [5.74, 6) is -0.124. The van der Waals surface area contributed by atoms with Crippen LogP contribution < -0.4 is 0 Å². The smallest absolute Gasteiger partial charge is 0.416 e. The summed E-state index contributed by atoms with van der Waals surface area (Å²) in [5.41, 5.74) is -2.04. The third-order valence-corrected chi connectivity index (χ3v) is 7.69. The van der Waals surface area contributed by atoms with Gasteiger partial charge >= 0.3 is 12.3 Å². The van der Waals surface area contributed by atoms with Gasteiger partial charge in [0, 0.05) is 45.2 Å². The molecule has 0 N–H and O–H groups in total. The third-order valence-electron chi connectivity index (χ3n) is 7.69. The summed E-state index contributed by atoms with van der Waals surface area (Å²) >= 11 is 0. The third kappa shape index (κ3) is 5.82. The second-order valence-electron chi connectivity index (χ2n) is 11.4. The monoisotopic (exact) mass is 509 g/mol. The van der Waals surface area contributed by atoms with Crippen molar-refractivity contribution >= 4 is 12.0 Å². The number of rotatable bonds is 4. The molecule has 6 nitrogen and oxygen atoms in total.